The van der Waals surface area contributed by atoms with Gasteiger partial charge in [-0.2, -0.15) is 0 Å². The standard InChI is InChI=1S/C21H23ClN6O5/c1-3-33-18(30)12-23-17(29)11-24-20(32)15(27-19(31)14-7-5-4-6-8-14)10-25-21-26-13(2)9-16(22)28-21/h4-10H,3,11-12H2,1-2H3,(H,23,29)(H,24,32)(H,27,31)(H,25,26,28)/b15-10+. The van der Waals surface area contributed by atoms with E-state index < -0.39 is 30.2 Å². The molecule has 12 heteroatoms. The Morgan fingerprint density at radius 1 is 1.06 bits per heavy atom. The summed E-state index contributed by atoms with van der Waals surface area (Å²) < 4.78 is 4.71. The largest absolute Gasteiger partial charge is 0.465 e. The van der Waals surface area contributed by atoms with E-state index in [0.29, 0.717) is 11.3 Å². The number of carbonyl (C=O) groups is 4. The number of hydrogen-bond donors (Lipinski definition) is 4. The van der Waals surface area contributed by atoms with Gasteiger partial charge in [-0.05, 0) is 32.0 Å². The Morgan fingerprint density at radius 2 is 1.79 bits per heavy atom. The number of esters is 1. The number of anilines is 1. The van der Waals surface area contributed by atoms with Crippen LogP contribution >= 0.6 is 11.6 Å². The van der Waals surface area contributed by atoms with E-state index in [1.807, 2.05) is 0 Å². The number of benzene rings is 1. The van der Waals surface area contributed by atoms with E-state index in [1.54, 1.807) is 50.2 Å². The molecule has 4 N–H and O–H groups in total. The second-order valence-corrected chi connectivity index (χ2v) is 6.83. The molecule has 0 atom stereocenters. The lowest BCUT2D eigenvalue weighted by molar-refractivity contribution is -0.143. The molecule has 0 fully saturated rings. The number of amides is 3. The third-order valence-electron chi connectivity index (χ3n) is 3.84. The number of carbonyl (C=O) groups excluding carboxylic acids is 4. The molecule has 0 bridgehead atoms. The topological polar surface area (TPSA) is 151 Å². The molecule has 33 heavy (non-hydrogen) atoms. The van der Waals surface area contributed by atoms with Crippen molar-refractivity contribution in [2.24, 2.45) is 0 Å². The molecule has 2 aromatic rings. The van der Waals surface area contributed by atoms with Crippen molar-refractivity contribution in [3.8, 4) is 0 Å². The maximum absolute atomic E-state index is 12.6. The Labute approximate surface area is 195 Å². The summed E-state index contributed by atoms with van der Waals surface area (Å²) in [4.78, 5) is 56.5. The molecule has 1 aromatic carbocycles. The van der Waals surface area contributed by atoms with Gasteiger partial charge in [-0.3, -0.25) is 19.2 Å². The zero-order chi connectivity index (χ0) is 24.2. The van der Waals surface area contributed by atoms with Gasteiger partial charge in [0.25, 0.3) is 11.8 Å². The van der Waals surface area contributed by atoms with Gasteiger partial charge in [-0.15, -0.1) is 0 Å². The van der Waals surface area contributed by atoms with E-state index in [-0.39, 0.29) is 30.0 Å². The first kappa shape index (κ1) is 25.3. The van der Waals surface area contributed by atoms with E-state index >= 15 is 0 Å². The summed E-state index contributed by atoms with van der Waals surface area (Å²) in [6.07, 6.45) is 1.18. The summed E-state index contributed by atoms with van der Waals surface area (Å²) in [5.41, 5.74) is 0.699. The number of aromatic nitrogens is 2. The summed E-state index contributed by atoms with van der Waals surface area (Å²) in [6.45, 7) is 2.76. The maximum Gasteiger partial charge on any atom is 0.325 e. The van der Waals surface area contributed by atoms with E-state index in [2.05, 4.69) is 31.2 Å². The third-order valence-corrected chi connectivity index (χ3v) is 4.04. The van der Waals surface area contributed by atoms with Crippen LogP contribution in [0.15, 0.2) is 48.3 Å². The third kappa shape index (κ3) is 8.95. The number of nitrogens with one attached hydrogen (secondary N) is 4. The average molecular weight is 475 g/mol. The minimum Gasteiger partial charge on any atom is -0.465 e. The SMILES string of the molecule is CCOC(=O)CNC(=O)CNC(=O)/C(=C\Nc1nc(C)cc(Cl)n1)NC(=O)c1ccccc1. The molecular weight excluding hydrogens is 452 g/mol. The molecule has 3 amide bonds. The Morgan fingerprint density at radius 3 is 2.45 bits per heavy atom. The van der Waals surface area contributed by atoms with Gasteiger partial charge in [-0.1, -0.05) is 29.8 Å². The number of rotatable bonds is 10. The first-order valence-corrected chi connectivity index (χ1v) is 10.2. The van der Waals surface area contributed by atoms with Gasteiger partial charge < -0.3 is 26.0 Å². The number of halogens is 1. The first-order valence-electron chi connectivity index (χ1n) is 9.83. The van der Waals surface area contributed by atoms with Crippen LogP contribution < -0.4 is 21.3 Å². The fraction of sp³-hybridized carbons (Fsp3) is 0.238. The Kier molecular flexibility index (Phi) is 9.78. The minimum atomic E-state index is -0.767. The molecule has 0 aliphatic carbocycles. The smallest absolute Gasteiger partial charge is 0.325 e. The molecule has 1 aromatic heterocycles. The van der Waals surface area contributed by atoms with Crippen LogP contribution in [0.25, 0.3) is 0 Å². The number of ether oxygens (including phenoxy) is 1. The van der Waals surface area contributed by atoms with Gasteiger partial charge in [0, 0.05) is 17.5 Å². The van der Waals surface area contributed by atoms with Crippen LogP contribution in [0, 0.1) is 6.92 Å². The van der Waals surface area contributed by atoms with Gasteiger partial charge >= 0.3 is 5.97 Å². The minimum absolute atomic E-state index is 0.103. The number of nitrogens with zero attached hydrogens (tertiary/aromatic N) is 2. The van der Waals surface area contributed by atoms with Crippen LogP contribution in [0.5, 0.6) is 0 Å². The lowest BCUT2D eigenvalue weighted by atomic mass is 10.2. The van der Waals surface area contributed by atoms with Crippen molar-refractivity contribution >= 4 is 41.2 Å². The van der Waals surface area contributed by atoms with Crippen molar-refractivity contribution in [2.75, 3.05) is 25.0 Å². The van der Waals surface area contributed by atoms with Gasteiger partial charge in [0.2, 0.25) is 11.9 Å². The molecule has 0 aliphatic rings. The number of aryl methyl sites for hydroxylation is 1. The molecular formula is C21H23ClN6O5. The quantitative estimate of drug-likeness (QED) is 0.225. The van der Waals surface area contributed by atoms with E-state index in [4.69, 9.17) is 16.3 Å². The summed E-state index contributed by atoms with van der Waals surface area (Å²) in [7, 11) is 0. The normalized spacial score (nSPS) is 10.7. The summed E-state index contributed by atoms with van der Waals surface area (Å²) in [6, 6.07) is 9.79. The van der Waals surface area contributed by atoms with Crippen LogP contribution in [-0.4, -0.2) is 53.4 Å². The zero-order valence-corrected chi connectivity index (χ0v) is 18.7. The van der Waals surface area contributed by atoms with Gasteiger partial charge in [0.1, 0.15) is 17.4 Å². The lowest BCUT2D eigenvalue weighted by Crippen LogP contribution is -2.42. The molecule has 0 aliphatic heterocycles. The highest BCUT2D eigenvalue weighted by molar-refractivity contribution is 6.29. The highest BCUT2D eigenvalue weighted by Crippen LogP contribution is 2.10. The van der Waals surface area contributed by atoms with E-state index in [9.17, 15) is 19.2 Å². The summed E-state index contributed by atoms with van der Waals surface area (Å²) >= 11 is 5.91. The van der Waals surface area contributed by atoms with Gasteiger partial charge in [-0.25, -0.2) is 9.97 Å². The van der Waals surface area contributed by atoms with Crippen molar-refractivity contribution in [1.82, 2.24) is 25.9 Å². The Bertz CT molecular complexity index is 1020. The van der Waals surface area contributed by atoms with Gasteiger partial charge in [0.15, 0.2) is 0 Å². The maximum atomic E-state index is 12.6. The van der Waals surface area contributed by atoms with Crippen LogP contribution in [0.1, 0.15) is 23.0 Å². The molecule has 0 spiro atoms. The molecule has 174 valence electrons. The van der Waals surface area contributed by atoms with Crippen molar-refractivity contribution in [1.29, 1.82) is 0 Å². The van der Waals surface area contributed by atoms with E-state index in [0.717, 1.165) is 0 Å². The second-order valence-electron chi connectivity index (χ2n) is 6.44. The molecule has 11 nitrogen and oxygen atoms in total. The fourth-order valence-corrected chi connectivity index (χ4v) is 2.61. The summed E-state index contributed by atoms with van der Waals surface area (Å²) in [5, 5.41) is 10.0. The molecule has 1 heterocycles. The van der Waals surface area contributed by atoms with Crippen molar-refractivity contribution < 1.29 is 23.9 Å². The van der Waals surface area contributed by atoms with Gasteiger partial charge in [0.05, 0.1) is 13.2 Å². The first-order chi connectivity index (χ1) is 15.8. The Hall–Kier alpha value is -3.99. The fourth-order valence-electron chi connectivity index (χ4n) is 2.37. The lowest BCUT2D eigenvalue weighted by Gasteiger charge is -2.12. The predicted molar refractivity (Wildman–Crippen MR) is 120 cm³/mol. The highest BCUT2D eigenvalue weighted by atomic mass is 35.5. The van der Waals surface area contributed by atoms with Crippen LogP contribution in [0.4, 0.5) is 5.95 Å². The second kappa shape index (κ2) is 12.8. The molecule has 0 saturated heterocycles. The van der Waals surface area contributed by atoms with Crippen molar-refractivity contribution in [3.05, 3.63) is 64.7 Å². The highest BCUT2D eigenvalue weighted by Gasteiger charge is 2.16. The predicted octanol–water partition coefficient (Wildman–Crippen LogP) is 0.917. The zero-order valence-electron chi connectivity index (χ0n) is 18.0. The molecule has 0 saturated carbocycles. The number of hydrogen-bond acceptors (Lipinski definition) is 8. The van der Waals surface area contributed by atoms with Crippen molar-refractivity contribution in [3.63, 3.8) is 0 Å². The summed E-state index contributed by atoms with van der Waals surface area (Å²) in [5.74, 6) is -2.43. The van der Waals surface area contributed by atoms with Crippen LogP contribution in [-0.2, 0) is 19.1 Å². The Balaban J connectivity index is 2.08. The molecule has 2 rings (SSSR count). The van der Waals surface area contributed by atoms with E-state index in [1.165, 1.54) is 6.20 Å². The monoisotopic (exact) mass is 474 g/mol. The average Bonchev–Trinajstić information content (AvgIpc) is 2.78. The molecule has 0 radical (unpaired) electrons. The molecule has 0 unspecified atom stereocenters. The van der Waals surface area contributed by atoms with Crippen molar-refractivity contribution in [2.45, 2.75) is 13.8 Å². The van der Waals surface area contributed by atoms with Crippen LogP contribution in [0.2, 0.25) is 5.15 Å². The van der Waals surface area contributed by atoms with Crippen LogP contribution in [0.3, 0.4) is 0 Å².